The molecule has 82 valence electrons. The van der Waals surface area contributed by atoms with E-state index in [1.165, 1.54) is 24.3 Å². The second-order valence-electron chi connectivity index (χ2n) is 2.50. The molecule has 0 unspecified atom stereocenters. The Morgan fingerprint density at radius 1 is 1.33 bits per heavy atom. The number of hydrogen-bond acceptors (Lipinski definition) is 3. The van der Waals surface area contributed by atoms with Crippen molar-refractivity contribution in [3.8, 4) is 0 Å². The lowest BCUT2D eigenvalue weighted by Gasteiger charge is -2.09. The Bertz CT molecular complexity index is 367. The van der Waals surface area contributed by atoms with Crippen LogP contribution in [-0.2, 0) is 0 Å². The summed E-state index contributed by atoms with van der Waals surface area (Å²) in [4.78, 5) is 10.6. The topological polar surface area (TPSA) is 49.3 Å². The zero-order chi connectivity index (χ0) is 11.5. The van der Waals surface area contributed by atoms with Crippen LogP contribution in [0, 0.1) is 0 Å². The fourth-order valence-electron chi connectivity index (χ4n) is 0.871. The molecule has 2 N–H and O–H groups in total. The van der Waals surface area contributed by atoms with Crippen LogP contribution < -0.4 is 4.72 Å². The standard InChI is InChI=1S/C8H6F3NO2S/c9-8(10,11)15-12-6-4-2-1-3-5(6)7(13)14/h1-4,12H,(H,13,14). The first kappa shape index (κ1) is 11.7. The summed E-state index contributed by atoms with van der Waals surface area (Å²) in [5, 5.41) is 8.66. The van der Waals surface area contributed by atoms with Gasteiger partial charge in [-0.2, -0.15) is 13.2 Å². The van der Waals surface area contributed by atoms with Crippen molar-refractivity contribution >= 4 is 23.6 Å². The number of anilines is 1. The van der Waals surface area contributed by atoms with Crippen LogP contribution in [0.15, 0.2) is 24.3 Å². The number of rotatable bonds is 3. The van der Waals surface area contributed by atoms with Crippen LogP contribution >= 0.6 is 11.9 Å². The molecule has 0 bridgehead atoms. The zero-order valence-corrected chi connectivity index (χ0v) is 8.02. The summed E-state index contributed by atoms with van der Waals surface area (Å²) in [7, 11) is 0. The summed E-state index contributed by atoms with van der Waals surface area (Å²) in [6, 6.07) is 5.38. The minimum absolute atomic E-state index is 0.0766. The molecule has 0 spiro atoms. The van der Waals surface area contributed by atoms with Crippen molar-refractivity contribution in [1.29, 1.82) is 0 Å². The van der Waals surface area contributed by atoms with Crippen LogP contribution in [0.25, 0.3) is 0 Å². The van der Waals surface area contributed by atoms with Crippen molar-refractivity contribution in [2.24, 2.45) is 0 Å². The molecule has 0 radical (unpaired) electrons. The van der Waals surface area contributed by atoms with E-state index in [2.05, 4.69) is 0 Å². The Balaban J connectivity index is 2.81. The van der Waals surface area contributed by atoms with E-state index < -0.39 is 23.4 Å². The molecule has 7 heteroatoms. The van der Waals surface area contributed by atoms with E-state index in [9.17, 15) is 18.0 Å². The molecule has 3 nitrogen and oxygen atoms in total. The fraction of sp³-hybridized carbons (Fsp3) is 0.125. The van der Waals surface area contributed by atoms with Crippen molar-refractivity contribution in [3.05, 3.63) is 29.8 Å². The highest BCUT2D eigenvalue weighted by Crippen LogP contribution is 2.31. The molecule has 1 rings (SSSR count). The molecule has 0 amide bonds. The van der Waals surface area contributed by atoms with Crippen LogP contribution in [0.2, 0.25) is 0 Å². The highest BCUT2D eigenvalue weighted by molar-refractivity contribution is 8.01. The normalized spacial score (nSPS) is 11.1. The molecule has 0 aliphatic heterocycles. The smallest absolute Gasteiger partial charge is 0.461 e. The summed E-state index contributed by atoms with van der Waals surface area (Å²) >= 11 is -0.495. The van der Waals surface area contributed by atoms with E-state index in [1.54, 1.807) is 0 Å². The number of carboxylic acid groups (broad SMARTS) is 1. The quantitative estimate of drug-likeness (QED) is 0.793. The number of carbonyl (C=O) groups is 1. The molecular weight excluding hydrogens is 231 g/mol. The lowest BCUT2D eigenvalue weighted by Crippen LogP contribution is -2.07. The van der Waals surface area contributed by atoms with Crippen molar-refractivity contribution in [2.45, 2.75) is 5.51 Å². The maximum atomic E-state index is 11.8. The lowest BCUT2D eigenvalue weighted by atomic mass is 10.2. The molecule has 0 saturated carbocycles. The van der Waals surface area contributed by atoms with Gasteiger partial charge in [-0.05, 0) is 12.1 Å². The van der Waals surface area contributed by atoms with Gasteiger partial charge in [0.05, 0.1) is 23.2 Å². The monoisotopic (exact) mass is 237 g/mol. The SMILES string of the molecule is O=C(O)c1ccccc1NSC(F)(F)F. The van der Waals surface area contributed by atoms with Gasteiger partial charge in [-0.25, -0.2) is 4.79 Å². The Kier molecular flexibility index (Phi) is 3.46. The highest BCUT2D eigenvalue weighted by atomic mass is 32.2. The zero-order valence-electron chi connectivity index (χ0n) is 7.21. The van der Waals surface area contributed by atoms with Gasteiger partial charge in [0.15, 0.2) is 0 Å². The van der Waals surface area contributed by atoms with Gasteiger partial charge in [-0.15, -0.1) is 0 Å². The molecule has 0 aliphatic rings. The van der Waals surface area contributed by atoms with Gasteiger partial charge in [-0.3, -0.25) is 0 Å². The van der Waals surface area contributed by atoms with E-state index in [0.29, 0.717) is 0 Å². The number of nitrogens with one attached hydrogen (secondary N) is 1. The molecule has 0 aliphatic carbocycles. The molecule has 15 heavy (non-hydrogen) atoms. The van der Waals surface area contributed by atoms with Crippen LogP contribution in [0.4, 0.5) is 18.9 Å². The minimum atomic E-state index is -4.45. The minimum Gasteiger partial charge on any atom is -0.478 e. The van der Waals surface area contributed by atoms with Gasteiger partial charge in [0.2, 0.25) is 0 Å². The van der Waals surface area contributed by atoms with E-state index in [1.807, 2.05) is 4.72 Å². The van der Waals surface area contributed by atoms with Gasteiger partial charge >= 0.3 is 11.5 Å². The fourth-order valence-corrected chi connectivity index (χ4v) is 1.28. The summed E-state index contributed by atoms with van der Waals surface area (Å²) in [6.45, 7) is 0. The van der Waals surface area contributed by atoms with E-state index in [0.717, 1.165) is 0 Å². The van der Waals surface area contributed by atoms with Crippen LogP contribution in [0.1, 0.15) is 10.4 Å². The van der Waals surface area contributed by atoms with Crippen molar-refractivity contribution in [2.75, 3.05) is 4.72 Å². The number of alkyl halides is 3. The summed E-state index contributed by atoms with van der Waals surface area (Å²) in [5.41, 5.74) is -4.73. The van der Waals surface area contributed by atoms with Gasteiger partial charge in [0, 0.05) is 0 Å². The Hall–Kier alpha value is -1.37. The third-order valence-electron chi connectivity index (χ3n) is 1.43. The van der Waals surface area contributed by atoms with E-state index >= 15 is 0 Å². The average Bonchev–Trinajstić information content (AvgIpc) is 2.14. The lowest BCUT2D eigenvalue weighted by molar-refractivity contribution is -0.0324. The Morgan fingerprint density at radius 3 is 2.47 bits per heavy atom. The largest absolute Gasteiger partial charge is 0.478 e. The Morgan fingerprint density at radius 2 is 1.93 bits per heavy atom. The molecule has 0 heterocycles. The van der Waals surface area contributed by atoms with E-state index in [4.69, 9.17) is 5.11 Å². The Labute approximate surface area is 87.4 Å². The summed E-state index contributed by atoms with van der Waals surface area (Å²) in [5.74, 6) is -1.28. The number of benzene rings is 1. The van der Waals surface area contributed by atoms with Gasteiger partial charge in [0.25, 0.3) is 0 Å². The maximum Gasteiger partial charge on any atom is 0.461 e. The average molecular weight is 237 g/mol. The summed E-state index contributed by atoms with van der Waals surface area (Å²) in [6.07, 6.45) is 0. The van der Waals surface area contributed by atoms with Crippen LogP contribution in [0.5, 0.6) is 0 Å². The van der Waals surface area contributed by atoms with Crippen molar-refractivity contribution < 1.29 is 23.1 Å². The molecule has 1 aromatic rings. The maximum absolute atomic E-state index is 11.8. The third kappa shape index (κ3) is 3.70. The summed E-state index contributed by atoms with van der Waals surface area (Å²) < 4.78 is 37.4. The van der Waals surface area contributed by atoms with Gasteiger partial charge in [0.1, 0.15) is 0 Å². The van der Waals surface area contributed by atoms with Crippen molar-refractivity contribution in [3.63, 3.8) is 0 Å². The number of aromatic carboxylic acids is 1. The van der Waals surface area contributed by atoms with Crippen molar-refractivity contribution in [1.82, 2.24) is 0 Å². The first-order valence-corrected chi connectivity index (χ1v) is 4.55. The number of carboxylic acids is 1. The number of halogens is 3. The molecule has 0 fully saturated rings. The first-order chi connectivity index (χ1) is 6.90. The third-order valence-corrected chi connectivity index (χ3v) is 1.99. The van der Waals surface area contributed by atoms with Crippen LogP contribution in [-0.4, -0.2) is 16.6 Å². The predicted molar refractivity (Wildman–Crippen MR) is 50.7 cm³/mol. The number of hydrogen-bond donors (Lipinski definition) is 2. The molecule has 0 atom stereocenters. The first-order valence-electron chi connectivity index (χ1n) is 3.73. The molecular formula is C8H6F3NO2S. The highest BCUT2D eigenvalue weighted by Gasteiger charge is 2.29. The molecule has 1 aromatic carbocycles. The van der Waals surface area contributed by atoms with Gasteiger partial charge < -0.3 is 9.83 Å². The molecule has 0 saturated heterocycles. The van der Waals surface area contributed by atoms with E-state index in [-0.39, 0.29) is 11.3 Å². The van der Waals surface area contributed by atoms with Crippen LogP contribution in [0.3, 0.4) is 0 Å². The molecule has 0 aromatic heterocycles. The predicted octanol–water partition coefficient (Wildman–Crippen LogP) is 2.96. The van der Waals surface area contributed by atoms with Gasteiger partial charge in [-0.1, -0.05) is 12.1 Å². The number of para-hydroxylation sites is 1. The second kappa shape index (κ2) is 4.43. The second-order valence-corrected chi connectivity index (χ2v) is 3.37.